The third-order valence-electron chi connectivity index (χ3n) is 4.45. The van der Waals surface area contributed by atoms with E-state index in [4.69, 9.17) is 17.0 Å². The van der Waals surface area contributed by atoms with E-state index in [1.165, 1.54) is 7.11 Å². The highest BCUT2D eigenvalue weighted by Crippen LogP contribution is 2.36. The lowest BCUT2D eigenvalue weighted by Gasteiger charge is -2.38. The van der Waals surface area contributed by atoms with Crippen LogP contribution in [0.2, 0.25) is 0 Å². The molecule has 3 rings (SSSR count). The van der Waals surface area contributed by atoms with Gasteiger partial charge in [-0.25, -0.2) is 4.79 Å². The molecular weight excluding hydrogens is 424 g/mol. The van der Waals surface area contributed by atoms with E-state index in [9.17, 15) is 4.79 Å². The standard InChI is InChI=1S/C21H21BrN2O2S/c1-3-7-17-18(20(25)26-2)19(14-10-12-15(22)13-11-14)23-21(27)24(17)16-8-5-4-6-9-16/h4-6,8-13,19H,3,7H2,1-2H3,(H,23,27)/t19-/m0/s1. The molecule has 0 saturated carbocycles. The molecule has 2 aromatic carbocycles. The first kappa shape index (κ1) is 19.6. The fraction of sp³-hybridized carbons (Fsp3) is 0.238. The molecule has 1 heterocycles. The van der Waals surface area contributed by atoms with Gasteiger partial charge in [0.25, 0.3) is 0 Å². The van der Waals surface area contributed by atoms with Crippen LogP contribution in [-0.4, -0.2) is 18.2 Å². The minimum atomic E-state index is -0.348. The maximum atomic E-state index is 12.8. The molecule has 0 aliphatic carbocycles. The van der Waals surface area contributed by atoms with Crippen LogP contribution < -0.4 is 10.2 Å². The van der Waals surface area contributed by atoms with Gasteiger partial charge in [0.15, 0.2) is 5.11 Å². The van der Waals surface area contributed by atoms with Crippen LogP contribution in [0.15, 0.2) is 70.3 Å². The van der Waals surface area contributed by atoms with Crippen molar-refractivity contribution in [3.8, 4) is 0 Å². The number of methoxy groups -OCH3 is 1. The Morgan fingerprint density at radius 2 is 1.85 bits per heavy atom. The molecule has 140 valence electrons. The van der Waals surface area contributed by atoms with Gasteiger partial charge in [-0.3, -0.25) is 4.90 Å². The highest BCUT2D eigenvalue weighted by molar-refractivity contribution is 9.10. The second-order valence-corrected chi connectivity index (χ2v) is 7.51. The first-order chi connectivity index (χ1) is 13.1. The third kappa shape index (κ3) is 4.06. The van der Waals surface area contributed by atoms with Crippen molar-refractivity contribution in [1.82, 2.24) is 5.32 Å². The van der Waals surface area contributed by atoms with E-state index in [2.05, 4.69) is 28.2 Å². The van der Waals surface area contributed by atoms with Gasteiger partial charge in [-0.15, -0.1) is 0 Å². The number of nitrogens with zero attached hydrogens (tertiary/aromatic N) is 1. The van der Waals surface area contributed by atoms with E-state index >= 15 is 0 Å². The molecule has 0 amide bonds. The van der Waals surface area contributed by atoms with Crippen molar-refractivity contribution in [2.75, 3.05) is 12.0 Å². The quantitative estimate of drug-likeness (QED) is 0.512. The number of benzene rings is 2. The molecule has 0 saturated heterocycles. The normalized spacial score (nSPS) is 16.9. The van der Waals surface area contributed by atoms with E-state index in [0.29, 0.717) is 17.1 Å². The molecule has 0 radical (unpaired) electrons. The molecule has 0 bridgehead atoms. The molecule has 0 unspecified atom stereocenters. The molecule has 1 N–H and O–H groups in total. The smallest absolute Gasteiger partial charge is 0.337 e. The van der Waals surface area contributed by atoms with Crippen LogP contribution in [0.4, 0.5) is 5.69 Å². The van der Waals surface area contributed by atoms with E-state index in [1.807, 2.05) is 59.5 Å². The van der Waals surface area contributed by atoms with Crippen LogP contribution in [0.3, 0.4) is 0 Å². The predicted molar refractivity (Wildman–Crippen MR) is 115 cm³/mol. The largest absolute Gasteiger partial charge is 0.466 e. The van der Waals surface area contributed by atoms with Crippen molar-refractivity contribution in [1.29, 1.82) is 0 Å². The Labute approximate surface area is 173 Å². The summed E-state index contributed by atoms with van der Waals surface area (Å²) < 4.78 is 6.12. The summed E-state index contributed by atoms with van der Waals surface area (Å²) in [6.07, 6.45) is 1.60. The average molecular weight is 445 g/mol. The number of esters is 1. The number of carbonyl (C=O) groups excluding carboxylic acids is 1. The zero-order valence-corrected chi connectivity index (χ0v) is 17.6. The van der Waals surface area contributed by atoms with E-state index in [1.54, 1.807) is 0 Å². The topological polar surface area (TPSA) is 41.6 Å². The number of ether oxygens (including phenoxy) is 1. The van der Waals surface area contributed by atoms with E-state index < -0.39 is 0 Å². The number of hydrogen-bond donors (Lipinski definition) is 1. The van der Waals surface area contributed by atoms with Gasteiger partial charge in [0, 0.05) is 15.9 Å². The van der Waals surface area contributed by atoms with Crippen molar-refractivity contribution in [2.24, 2.45) is 0 Å². The Morgan fingerprint density at radius 3 is 2.44 bits per heavy atom. The molecule has 27 heavy (non-hydrogen) atoms. The van der Waals surface area contributed by atoms with Crippen LogP contribution in [0, 0.1) is 0 Å². The Morgan fingerprint density at radius 1 is 1.19 bits per heavy atom. The predicted octanol–water partition coefficient (Wildman–Crippen LogP) is 5.11. The zero-order chi connectivity index (χ0) is 19.4. The third-order valence-corrected chi connectivity index (χ3v) is 5.28. The number of nitrogens with one attached hydrogen (secondary N) is 1. The molecule has 1 atom stereocenters. The fourth-order valence-electron chi connectivity index (χ4n) is 3.25. The van der Waals surface area contributed by atoms with Crippen LogP contribution in [0.5, 0.6) is 0 Å². The van der Waals surface area contributed by atoms with Gasteiger partial charge in [-0.05, 0) is 48.5 Å². The van der Waals surface area contributed by atoms with E-state index in [0.717, 1.165) is 27.8 Å². The molecule has 1 aliphatic rings. The Kier molecular flexibility index (Phi) is 6.29. The molecule has 0 spiro atoms. The summed E-state index contributed by atoms with van der Waals surface area (Å²) in [6, 6.07) is 17.4. The Hall–Kier alpha value is -2.18. The van der Waals surface area contributed by atoms with Gasteiger partial charge in [0.05, 0.1) is 18.7 Å². The number of rotatable bonds is 5. The van der Waals surface area contributed by atoms with Crippen molar-refractivity contribution >= 4 is 44.9 Å². The van der Waals surface area contributed by atoms with Crippen molar-refractivity contribution in [2.45, 2.75) is 25.8 Å². The first-order valence-corrected chi connectivity index (χ1v) is 9.99. The van der Waals surface area contributed by atoms with Crippen molar-refractivity contribution < 1.29 is 9.53 Å². The zero-order valence-electron chi connectivity index (χ0n) is 15.2. The minimum Gasteiger partial charge on any atom is -0.466 e. The molecule has 0 aromatic heterocycles. The molecule has 2 aromatic rings. The molecule has 6 heteroatoms. The van der Waals surface area contributed by atoms with Gasteiger partial charge in [-0.2, -0.15) is 0 Å². The summed E-state index contributed by atoms with van der Waals surface area (Å²) in [7, 11) is 1.41. The summed E-state index contributed by atoms with van der Waals surface area (Å²) in [4.78, 5) is 14.7. The number of para-hydroxylation sites is 1. The lowest BCUT2D eigenvalue weighted by Crippen LogP contribution is -2.48. The van der Waals surface area contributed by atoms with Crippen LogP contribution in [0.25, 0.3) is 0 Å². The Balaban J connectivity index is 2.19. The maximum absolute atomic E-state index is 12.8. The number of allylic oxidation sites excluding steroid dienone is 1. The van der Waals surface area contributed by atoms with Gasteiger partial charge in [-0.1, -0.05) is 59.6 Å². The highest BCUT2D eigenvalue weighted by Gasteiger charge is 2.36. The summed E-state index contributed by atoms with van der Waals surface area (Å²) in [6.45, 7) is 2.09. The van der Waals surface area contributed by atoms with Gasteiger partial charge >= 0.3 is 5.97 Å². The van der Waals surface area contributed by atoms with Crippen LogP contribution in [0.1, 0.15) is 31.4 Å². The SMILES string of the molecule is CCCC1=C(C(=O)OC)[C@H](c2ccc(Br)cc2)NC(=S)N1c1ccccc1. The lowest BCUT2D eigenvalue weighted by atomic mass is 9.93. The van der Waals surface area contributed by atoms with Gasteiger partial charge in [0.2, 0.25) is 0 Å². The first-order valence-electron chi connectivity index (χ1n) is 8.79. The number of hydrogen-bond acceptors (Lipinski definition) is 3. The molecular formula is C21H21BrN2O2S. The summed E-state index contributed by atoms with van der Waals surface area (Å²) in [5.74, 6) is -0.345. The minimum absolute atomic E-state index is 0.345. The monoisotopic (exact) mass is 444 g/mol. The van der Waals surface area contributed by atoms with Crippen molar-refractivity contribution in [3.63, 3.8) is 0 Å². The van der Waals surface area contributed by atoms with Gasteiger partial charge < -0.3 is 10.1 Å². The summed E-state index contributed by atoms with van der Waals surface area (Å²) in [5.41, 5.74) is 3.36. The second kappa shape index (κ2) is 8.67. The average Bonchev–Trinajstić information content (AvgIpc) is 2.68. The number of halogens is 1. The van der Waals surface area contributed by atoms with Crippen LogP contribution >= 0.6 is 28.1 Å². The molecule has 1 aliphatic heterocycles. The second-order valence-electron chi connectivity index (χ2n) is 6.21. The number of anilines is 1. The molecule has 0 fully saturated rings. The number of carbonyl (C=O) groups is 1. The highest BCUT2D eigenvalue weighted by atomic mass is 79.9. The van der Waals surface area contributed by atoms with E-state index in [-0.39, 0.29) is 12.0 Å². The number of thiocarbonyl (C=S) groups is 1. The van der Waals surface area contributed by atoms with Gasteiger partial charge in [0.1, 0.15) is 0 Å². The fourth-order valence-corrected chi connectivity index (χ4v) is 3.85. The summed E-state index contributed by atoms with van der Waals surface area (Å²) in [5, 5.41) is 3.91. The van der Waals surface area contributed by atoms with Crippen LogP contribution in [-0.2, 0) is 9.53 Å². The Bertz CT molecular complexity index is 866. The summed E-state index contributed by atoms with van der Waals surface area (Å²) >= 11 is 9.16. The lowest BCUT2D eigenvalue weighted by molar-refractivity contribution is -0.136. The maximum Gasteiger partial charge on any atom is 0.337 e. The van der Waals surface area contributed by atoms with Crippen molar-refractivity contribution in [3.05, 3.63) is 75.9 Å². The molecule has 4 nitrogen and oxygen atoms in total.